The predicted octanol–water partition coefficient (Wildman–Crippen LogP) is 6.52. The van der Waals surface area contributed by atoms with E-state index < -0.39 is 29.1 Å². The minimum Gasteiger partial charge on any atom is -0.476 e. The summed E-state index contributed by atoms with van der Waals surface area (Å²) in [5, 5.41) is 32.9. The Bertz CT molecular complexity index is 2990. The SMILES string of the molecule is CC(C)(C)OC(=O)c1cn(Cc2ccc(CBr)cc2)nn1.CC(C)(C)OC(=O)c1cn(Cc2ccc(CN3CCN4CCCC4C3=O)cc2)nn1.Cl.O=C(O)c1cn(Cc2ccc(CN3CCN4CCCC4C3=O)cc2)nn1. The fourth-order valence-electron chi connectivity index (χ4n) is 9.51. The Labute approximate surface area is 468 Å². The molecule has 2 unspecified atom stereocenters. The number of carboxylic acids is 1. The van der Waals surface area contributed by atoms with Crippen molar-refractivity contribution in [2.45, 2.75) is 129 Å². The van der Waals surface area contributed by atoms with Crippen LogP contribution in [0.15, 0.2) is 91.4 Å². The molecular weight excluding hydrogens is 1090 g/mol. The molecule has 23 heteroatoms. The van der Waals surface area contributed by atoms with Crippen LogP contribution < -0.4 is 0 Å². The molecule has 3 aromatic carbocycles. The van der Waals surface area contributed by atoms with Crippen molar-refractivity contribution in [3.05, 3.63) is 142 Å². The molecule has 78 heavy (non-hydrogen) atoms. The first-order chi connectivity index (χ1) is 36.7. The summed E-state index contributed by atoms with van der Waals surface area (Å²) in [6.07, 6.45) is 8.81. The number of esters is 2. The molecule has 2 amide bonds. The van der Waals surface area contributed by atoms with Crippen LogP contribution in [0.25, 0.3) is 0 Å². The summed E-state index contributed by atoms with van der Waals surface area (Å²) < 4.78 is 15.3. The molecule has 0 bridgehead atoms. The number of benzene rings is 3. The lowest BCUT2D eigenvalue weighted by Gasteiger charge is -2.36. The summed E-state index contributed by atoms with van der Waals surface area (Å²) in [6, 6.07) is 24.5. The molecule has 3 aromatic heterocycles. The van der Waals surface area contributed by atoms with Crippen LogP contribution in [0, 0.1) is 0 Å². The molecule has 0 aliphatic carbocycles. The average molecular weight is 1160 g/mol. The number of fused-ring (bicyclic) bond motifs is 2. The first-order valence-corrected chi connectivity index (χ1v) is 27.1. The topological polar surface area (TPSA) is 229 Å². The second kappa shape index (κ2) is 26.2. The largest absolute Gasteiger partial charge is 0.476 e. The van der Waals surface area contributed by atoms with E-state index in [4.69, 9.17) is 14.6 Å². The van der Waals surface area contributed by atoms with Crippen LogP contribution in [-0.2, 0) is 57.1 Å². The van der Waals surface area contributed by atoms with Crippen LogP contribution in [0.1, 0.15) is 132 Å². The van der Waals surface area contributed by atoms with Crippen molar-refractivity contribution in [3.63, 3.8) is 0 Å². The molecule has 7 heterocycles. The first kappa shape index (κ1) is 58.8. The Hall–Kier alpha value is -6.88. The number of ether oxygens (including phenoxy) is 2. The number of rotatable bonds is 14. The number of aromatic carboxylic acids is 1. The second-order valence-electron chi connectivity index (χ2n) is 21.7. The van der Waals surface area contributed by atoms with Crippen LogP contribution in [0.3, 0.4) is 0 Å². The lowest BCUT2D eigenvalue weighted by Crippen LogP contribution is -2.53. The third-order valence-corrected chi connectivity index (χ3v) is 13.9. The number of amides is 2. The first-order valence-electron chi connectivity index (χ1n) is 26.0. The number of piperazine rings is 2. The van der Waals surface area contributed by atoms with Crippen molar-refractivity contribution < 1.29 is 38.6 Å². The molecule has 4 fully saturated rings. The zero-order valence-electron chi connectivity index (χ0n) is 45.0. The van der Waals surface area contributed by atoms with Gasteiger partial charge in [0.1, 0.15) is 11.2 Å². The highest BCUT2D eigenvalue weighted by atomic mass is 79.9. The van der Waals surface area contributed by atoms with Gasteiger partial charge in [-0.2, -0.15) is 0 Å². The fourth-order valence-corrected chi connectivity index (χ4v) is 9.88. The maximum absolute atomic E-state index is 12.7. The molecule has 6 aromatic rings. The van der Waals surface area contributed by atoms with Crippen LogP contribution in [-0.4, -0.2) is 162 Å². The molecule has 0 spiro atoms. The molecule has 0 radical (unpaired) electrons. The number of hydrogen-bond donors (Lipinski definition) is 1. The molecule has 4 aliphatic rings. The number of aromatic nitrogens is 9. The molecule has 1 N–H and O–H groups in total. The monoisotopic (exact) mass is 1150 g/mol. The summed E-state index contributed by atoms with van der Waals surface area (Å²) in [4.78, 5) is 68.6. The number of alkyl halides is 1. The summed E-state index contributed by atoms with van der Waals surface area (Å²) in [7, 11) is 0. The van der Waals surface area contributed by atoms with E-state index >= 15 is 0 Å². The quantitative estimate of drug-likeness (QED) is 0.0904. The number of carbonyl (C=O) groups is 5. The minimum atomic E-state index is -1.08. The van der Waals surface area contributed by atoms with Crippen molar-refractivity contribution in [2.24, 2.45) is 0 Å². The van der Waals surface area contributed by atoms with Gasteiger partial charge in [-0.15, -0.1) is 27.7 Å². The molecular formula is C55H69BrClN13O8. The second-order valence-corrected chi connectivity index (χ2v) is 22.3. The van der Waals surface area contributed by atoms with Crippen LogP contribution >= 0.6 is 28.3 Å². The summed E-state index contributed by atoms with van der Waals surface area (Å²) in [5.74, 6) is -1.50. The molecule has 0 saturated carbocycles. The third-order valence-electron chi connectivity index (χ3n) is 13.3. The van der Waals surface area contributed by atoms with E-state index in [1.54, 1.807) is 21.8 Å². The van der Waals surface area contributed by atoms with Crippen molar-refractivity contribution in [1.82, 2.24) is 64.6 Å². The average Bonchev–Trinajstić information content (AvgIpc) is 4.30. The van der Waals surface area contributed by atoms with E-state index in [1.165, 1.54) is 16.4 Å². The summed E-state index contributed by atoms with van der Waals surface area (Å²) in [5.41, 5.74) is 5.83. The van der Waals surface area contributed by atoms with E-state index in [0.717, 1.165) is 98.1 Å². The highest BCUT2D eigenvalue weighted by Gasteiger charge is 2.38. The van der Waals surface area contributed by atoms with Gasteiger partial charge in [-0.05, 0) is 114 Å². The normalized spacial score (nSPS) is 17.5. The fraction of sp³-hybridized carbons (Fsp3) is 0.473. The Kier molecular flexibility index (Phi) is 19.7. The van der Waals surface area contributed by atoms with Crippen molar-refractivity contribution in [2.75, 3.05) is 39.3 Å². The standard InChI is InChI=1S/C22H29N5O3.C18H21N5O3.C15H18BrN3O2.ClH/c1-22(2,3)30-21(29)18-15-27(24-23-18)14-17-8-6-16(7-9-17)13-26-12-11-25-10-4-5-19(25)20(26)28;24-17-16-2-1-7-21(16)8-9-22(17)10-13-3-5-14(6-4-13)11-23-12-15(18(25)26)19-20-23;1-15(2,3)21-14(20)13-10-19(18-17-13)9-12-6-4-11(8-16)5-7-12;/h6-9,15,19H,4-5,10-14H2,1-3H3;3-6,12,16H,1-2,7-11H2,(H,25,26);4-7,10H,8-9H2,1-3H3;1H. The van der Waals surface area contributed by atoms with E-state index in [0.29, 0.717) is 32.7 Å². The van der Waals surface area contributed by atoms with E-state index in [-0.39, 0.29) is 53.4 Å². The highest BCUT2D eigenvalue weighted by Crippen LogP contribution is 2.26. The number of nitrogens with zero attached hydrogens (tertiary/aromatic N) is 13. The van der Waals surface area contributed by atoms with Gasteiger partial charge in [0.25, 0.3) is 0 Å². The van der Waals surface area contributed by atoms with Crippen molar-refractivity contribution >= 4 is 58.1 Å². The van der Waals surface area contributed by atoms with Gasteiger partial charge in [-0.1, -0.05) is 104 Å². The molecule has 416 valence electrons. The van der Waals surface area contributed by atoms with Gasteiger partial charge in [-0.3, -0.25) is 19.4 Å². The number of carbonyl (C=O) groups excluding carboxylic acids is 4. The molecule has 10 rings (SSSR count). The van der Waals surface area contributed by atoms with Gasteiger partial charge in [0.05, 0.1) is 50.3 Å². The Morgan fingerprint density at radius 3 is 1.15 bits per heavy atom. The molecule has 4 aliphatic heterocycles. The van der Waals surface area contributed by atoms with Gasteiger partial charge in [0.15, 0.2) is 17.1 Å². The van der Waals surface area contributed by atoms with Gasteiger partial charge in [-0.25, -0.2) is 28.4 Å². The number of hydrogen-bond acceptors (Lipinski definition) is 15. The van der Waals surface area contributed by atoms with Gasteiger partial charge in [0.2, 0.25) is 11.8 Å². The van der Waals surface area contributed by atoms with Crippen LogP contribution in [0.4, 0.5) is 0 Å². The minimum absolute atomic E-state index is 0. The van der Waals surface area contributed by atoms with Gasteiger partial charge < -0.3 is 24.4 Å². The summed E-state index contributed by atoms with van der Waals surface area (Å²) >= 11 is 3.41. The lowest BCUT2D eigenvalue weighted by molar-refractivity contribution is -0.141. The molecule has 21 nitrogen and oxygen atoms in total. The summed E-state index contributed by atoms with van der Waals surface area (Å²) in [6.45, 7) is 19.4. The van der Waals surface area contributed by atoms with Crippen LogP contribution in [0.5, 0.6) is 0 Å². The van der Waals surface area contributed by atoms with Gasteiger partial charge >= 0.3 is 17.9 Å². The number of halogens is 2. The Balaban J connectivity index is 0.000000171. The van der Waals surface area contributed by atoms with Crippen molar-refractivity contribution in [3.8, 4) is 0 Å². The maximum atomic E-state index is 12.7. The highest BCUT2D eigenvalue weighted by molar-refractivity contribution is 9.08. The predicted molar refractivity (Wildman–Crippen MR) is 294 cm³/mol. The van der Waals surface area contributed by atoms with E-state index in [1.807, 2.05) is 99.9 Å². The lowest BCUT2D eigenvalue weighted by atomic mass is 10.1. The van der Waals surface area contributed by atoms with Gasteiger partial charge in [0, 0.05) is 44.6 Å². The maximum Gasteiger partial charge on any atom is 0.361 e. The third kappa shape index (κ3) is 16.3. The van der Waals surface area contributed by atoms with E-state index in [2.05, 4.69) is 80.9 Å². The molecule has 2 atom stereocenters. The van der Waals surface area contributed by atoms with Crippen LogP contribution in [0.2, 0.25) is 0 Å². The smallest absolute Gasteiger partial charge is 0.361 e. The van der Waals surface area contributed by atoms with E-state index in [9.17, 15) is 24.0 Å². The zero-order valence-corrected chi connectivity index (χ0v) is 47.4. The Morgan fingerprint density at radius 2 is 0.833 bits per heavy atom. The zero-order chi connectivity index (χ0) is 54.9. The Morgan fingerprint density at radius 1 is 0.513 bits per heavy atom. The molecule has 4 saturated heterocycles. The number of carboxylic acid groups (broad SMARTS) is 1. The van der Waals surface area contributed by atoms with Crippen molar-refractivity contribution in [1.29, 1.82) is 0 Å².